The van der Waals surface area contributed by atoms with Crippen LogP contribution in [-0.4, -0.2) is 17.5 Å². The monoisotopic (exact) mass is 302 g/mol. The molecule has 0 saturated carbocycles. The summed E-state index contributed by atoms with van der Waals surface area (Å²) in [5, 5.41) is 0.851. The van der Waals surface area contributed by atoms with Crippen molar-refractivity contribution in [3.8, 4) is 11.3 Å². The van der Waals surface area contributed by atoms with Gasteiger partial charge in [0.25, 0.3) is 0 Å². The van der Waals surface area contributed by atoms with Crippen molar-refractivity contribution in [1.82, 2.24) is 4.37 Å². The number of hydrogen-bond acceptors (Lipinski definition) is 5. The number of carbonyl (C=O) groups excluding carboxylic acids is 1. The average Bonchev–Trinajstić information content (AvgIpc) is 2.74. The summed E-state index contributed by atoms with van der Waals surface area (Å²) in [6, 6.07) is 5.03. The number of esters is 1. The van der Waals surface area contributed by atoms with E-state index in [1.54, 1.807) is 18.2 Å². The molecule has 0 radical (unpaired) electrons. The lowest BCUT2D eigenvalue weighted by Gasteiger charge is -2.02. The van der Waals surface area contributed by atoms with Gasteiger partial charge < -0.3 is 10.5 Å². The van der Waals surface area contributed by atoms with Gasteiger partial charge in [-0.3, -0.25) is 0 Å². The number of benzene rings is 1. The smallest absolute Gasteiger partial charge is 0.351 e. The molecule has 0 amide bonds. The number of anilines is 1. The minimum Gasteiger partial charge on any atom is -0.465 e. The molecule has 18 heavy (non-hydrogen) atoms. The van der Waals surface area contributed by atoms with Gasteiger partial charge in [0.2, 0.25) is 0 Å². The van der Waals surface area contributed by atoms with Gasteiger partial charge in [-0.25, -0.2) is 4.79 Å². The maximum Gasteiger partial charge on any atom is 0.351 e. The third kappa shape index (κ3) is 2.29. The van der Waals surface area contributed by atoms with E-state index < -0.39 is 5.97 Å². The number of aromatic nitrogens is 1. The first-order chi connectivity index (χ1) is 8.54. The first-order valence-electron chi connectivity index (χ1n) is 4.83. The minimum atomic E-state index is -0.503. The van der Waals surface area contributed by atoms with Crippen LogP contribution in [-0.2, 0) is 4.74 Å². The fourth-order valence-electron chi connectivity index (χ4n) is 1.39. The molecule has 7 heteroatoms. The summed E-state index contributed by atoms with van der Waals surface area (Å²) in [4.78, 5) is 11.7. The van der Waals surface area contributed by atoms with Crippen LogP contribution in [0.2, 0.25) is 10.0 Å². The van der Waals surface area contributed by atoms with Gasteiger partial charge in [0.15, 0.2) is 4.88 Å². The van der Waals surface area contributed by atoms with E-state index in [4.69, 9.17) is 28.9 Å². The molecule has 2 rings (SSSR count). The number of halogens is 2. The molecule has 0 unspecified atom stereocenters. The summed E-state index contributed by atoms with van der Waals surface area (Å²) in [6.45, 7) is 0. The highest BCUT2D eigenvalue weighted by molar-refractivity contribution is 7.09. The van der Waals surface area contributed by atoms with Gasteiger partial charge in [0.05, 0.1) is 22.8 Å². The van der Waals surface area contributed by atoms with E-state index in [-0.39, 0.29) is 10.6 Å². The van der Waals surface area contributed by atoms with Crippen molar-refractivity contribution in [3.63, 3.8) is 0 Å². The first kappa shape index (κ1) is 13.1. The van der Waals surface area contributed by atoms with Crippen LogP contribution in [0.1, 0.15) is 9.67 Å². The second-order valence-corrected chi connectivity index (χ2v) is 4.98. The normalized spacial score (nSPS) is 10.4. The zero-order valence-electron chi connectivity index (χ0n) is 9.24. The molecular weight excluding hydrogens is 295 g/mol. The van der Waals surface area contributed by atoms with Gasteiger partial charge in [0.1, 0.15) is 5.69 Å². The van der Waals surface area contributed by atoms with E-state index in [2.05, 4.69) is 9.11 Å². The molecule has 0 aliphatic carbocycles. The van der Waals surface area contributed by atoms with Crippen molar-refractivity contribution in [2.45, 2.75) is 0 Å². The van der Waals surface area contributed by atoms with Crippen molar-refractivity contribution in [1.29, 1.82) is 0 Å². The van der Waals surface area contributed by atoms with Gasteiger partial charge >= 0.3 is 5.97 Å². The van der Waals surface area contributed by atoms with E-state index in [0.717, 1.165) is 11.5 Å². The summed E-state index contributed by atoms with van der Waals surface area (Å²) in [5.41, 5.74) is 7.35. The summed E-state index contributed by atoms with van der Waals surface area (Å²) in [7, 11) is 1.29. The Morgan fingerprint density at radius 2 is 2.11 bits per heavy atom. The Hall–Kier alpha value is -1.30. The molecule has 4 nitrogen and oxygen atoms in total. The number of nitrogens with two attached hydrogens (primary N) is 1. The molecule has 0 fully saturated rings. The van der Waals surface area contributed by atoms with Crippen LogP contribution in [0.3, 0.4) is 0 Å². The highest BCUT2D eigenvalue weighted by atomic mass is 35.5. The van der Waals surface area contributed by atoms with Gasteiger partial charge in [0, 0.05) is 5.56 Å². The molecule has 94 valence electrons. The largest absolute Gasteiger partial charge is 0.465 e. The highest BCUT2D eigenvalue weighted by Gasteiger charge is 2.19. The average molecular weight is 303 g/mol. The van der Waals surface area contributed by atoms with E-state index in [1.165, 1.54) is 7.11 Å². The van der Waals surface area contributed by atoms with E-state index in [1.807, 2.05) is 0 Å². The number of rotatable bonds is 2. The molecule has 0 bridgehead atoms. The maximum atomic E-state index is 11.4. The topological polar surface area (TPSA) is 65.2 Å². The molecule has 0 saturated heterocycles. The number of carbonyl (C=O) groups is 1. The van der Waals surface area contributed by atoms with Gasteiger partial charge in [-0.2, -0.15) is 4.37 Å². The second kappa shape index (κ2) is 5.14. The zero-order chi connectivity index (χ0) is 13.3. The van der Waals surface area contributed by atoms with Crippen molar-refractivity contribution in [2.75, 3.05) is 12.8 Å². The first-order valence-corrected chi connectivity index (χ1v) is 6.36. The summed E-state index contributed by atoms with van der Waals surface area (Å²) in [5.74, 6) is -0.503. The van der Waals surface area contributed by atoms with Crippen LogP contribution in [0.15, 0.2) is 18.2 Å². The fourth-order valence-corrected chi connectivity index (χ4v) is 2.43. The van der Waals surface area contributed by atoms with E-state index in [0.29, 0.717) is 21.3 Å². The minimum absolute atomic E-state index is 0.276. The van der Waals surface area contributed by atoms with Gasteiger partial charge in [-0.05, 0) is 23.7 Å². The van der Waals surface area contributed by atoms with Crippen LogP contribution >= 0.6 is 34.7 Å². The molecule has 1 heterocycles. The molecule has 2 N–H and O–H groups in total. The fraction of sp³-hybridized carbons (Fsp3) is 0.0909. The predicted octanol–water partition coefficient (Wildman–Crippen LogP) is 3.49. The van der Waals surface area contributed by atoms with E-state index >= 15 is 0 Å². The highest BCUT2D eigenvalue weighted by Crippen LogP contribution is 2.34. The van der Waals surface area contributed by atoms with Crippen LogP contribution in [0.4, 0.5) is 5.69 Å². The molecule has 0 aliphatic heterocycles. The molecule has 0 aliphatic rings. The number of hydrogen-bond donors (Lipinski definition) is 1. The second-order valence-electron chi connectivity index (χ2n) is 3.39. The Balaban J connectivity index is 2.48. The van der Waals surface area contributed by atoms with Crippen LogP contribution in [0.5, 0.6) is 0 Å². The molecule has 0 atom stereocenters. The standard InChI is InChI=1S/C11H8Cl2N2O2S/c1-17-11(16)10-8(14)9(15-18-10)5-2-3-6(12)7(13)4-5/h2-4H,14H2,1H3. The Morgan fingerprint density at radius 3 is 2.72 bits per heavy atom. The lowest BCUT2D eigenvalue weighted by atomic mass is 10.1. The quantitative estimate of drug-likeness (QED) is 0.863. The van der Waals surface area contributed by atoms with Crippen molar-refractivity contribution in [3.05, 3.63) is 33.1 Å². The van der Waals surface area contributed by atoms with Crippen molar-refractivity contribution in [2.24, 2.45) is 0 Å². The predicted molar refractivity (Wildman–Crippen MR) is 73.3 cm³/mol. The zero-order valence-corrected chi connectivity index (χ0v) is 11.6. The Kier molecular flexibility index (Phi) is 3.75. The van der Waals surface area contributed by atoms with Crippen LogP contribution in [0, 0.1) is 0 Å². The summed E-state index contributed by atoms with van der Waals surface area (Å²) < 4.78 is 8.75. The molecule has 0 spiro atoms. The lowest BCUT2D eigenvalue weighted by Crippen LogP contribution is -2.02. The number of methoxy groups -OCH3 is 1. The molecule has 1 aromatic carbocycles. The van der Waals surface area contributed by atoms with Gasteiger partial charge in [-0.15, -0.1) is 0 Å². The SMILES string of the molecule is COC(=O)c1snc(-c2ccc(Cl)c(Cl)c2)c1N. The van der Waals surface area contributed by atoms with Crippen LogP contribution in [0.25, 0.3) is 11.3 Å². The van der Waals surface area contributed by atoms with Crippen molar-refractivity contribution >= 4 is 46.4 Å². The summed E-state index contributed by atoms with van der Waals surface area (Å²) in [6.07, 6.45) is 0. The Labute approximate surface area is 117 Å². The number of nitrogen functional groups attached to an aromatic ring is 1. The van der Waals surface area contributed by atoms with E-state index in [9.17, 15) is 4.79 Å². The molecule has 2 aromatic rings. The Bertz CT molecular complexity index is 613. The third-order valence-corrected chi connectivity index (χ3v) is 3.87. The third-order valence-electron chi connectivity index (χ3n) is 2.29. The van der Waals surface area contributed by atoms with Crippen molar-refractivity contribution < 1.29 is 9.53 Å². The molecular formula is C11H8Cl2N2O2S. The number of ether oxygens (including phenoxy) is 1. The lowest BCUT2D eigenvalue weighted by molar-refractivity contribution is 0.0607. The van der Waals surface area contributed by atoms with Crippen LogP contribution < -0.4 is 5.73 Å². The Morgan fingerprint density at radius 1 is 1.39 bits per heavy atom. The van der Waals surface area contributed by atoms with Gasteiger partial charge in [-0.1, -0.05) is 29.3 Å². The molecule has 1 aromatic heterocycles. The number of nitrogens with zero attached hydrogens (tertiary/aromatic N) is 1. The summed E-state index contributed by atoms with van der Waals surface area (Å²) >= 11 is 12.7. The maximum absolute atomic E-state index is 11.4.